The number of carbonyl (C=O) groups excluding carboxylic acids is 1. The van der Waals surface area contributed by atoms with Crippen molar-refractivity contribution in [3.8, 4) is 0 Å². The van der Waals surface area contributed by atoms with Gasteiger partial charge in [-0.1, -0.05) is 32.9 Å². The molecule has 0 radical (unpaired) electrons. The van der Waals surface area contributed by atoms with E-state index >= 15 is 0 Å². The normalized spacial score (nSPS) is 21.9. The zero-order valence-corrected chi connectivity index (χ0v) is 17.5. The lowest BCUT2D eigenvalue weighted by atomic mass is 9.92. The second-order valence-electron chi connectivity index (χ2n) is 9.20. The highest BCUT2D eigenvalue weighted by atomic mass is 16.1. The fraction of sp³-hybridized carbons (Fsp3) is 0.667. The molecule has 1 saturated heterocycles. The maximum absolute atomic E-state index is 12.3. The van der Waals surface area contributed by atoms with E-state index in [-0.39, 0.29) is 11.3 Å². The minimum atomic E-state index is 0.0248. The molecule has 1 amide bonds. The van der Waals surface area contributed by atoms with Crippen LogP contribution in [0, 0.1) is 5.41 Å². The Morgan fingerprint density at radius 1 is 1.12 bits per heavy atom. The van der Waals surface area contributed by atoms with Crippen LogP contribution in [0.2, 0.25) is 0 Å². The molecule has 0 aliphatic carbocycles. The number of carbonyl (C=O) groups is 1. The summed E-state index contributed by atoms with van der Waals surface area (Å²) in [7, 11) is 6.39. The average molecular weight is 363 g/mol. The first-order valence-corrected chi connectivity index (χ1v) is 9.85. The maximum atomic E-state index is 12.3. The number of nitrogens with zero attached hydrogens (tertiary/aromatic N) is 1. The van der Waals surface area contributed by atoms with E-state index in [9.17, 15) is 4.79 Å². The maximum Gasteiger partial charge on any atom is 0.220 e. The summed E-state index contributed by atoms with van der Waals surface area (Å²) in [5.41, 5.74) is 2.56. The number of piperazine rings is 1. The Bertz CT molecular complexity index is 569. The van der Waals surface area contributed by atoms with Crippen LogP contribution in [0.3, 0.4) is 0 Å². The molecule has 1 aromatic rings. The first-order chi connectivity index (χ1) is 12.2. The molecule has 3 N–H and O–H groups in total. The van der Waals surface area contributed by atoms with Gasteiger partial charge >= 0.3 is 0 Å². The first-order valence-electron chi connectivity index (χ1n) is 9.85. The number of quaternary nitrogens is 2. The highest BCUT2D eigenvalue weighted by Gasteiger charge is 2.30. The number of anilines is 1. The predicted octanol–water partition coefficient (Wildman–Crippen LogP) is -0.241. The van der Waals surface area contributed by atoms with Gasteiger partial charge in [0.05, 0.1) is 13.6 Å². The molecule has 1 aliphatic rings. The molecule has 0 spiro atoms. The predicted molar refractivity (Wildman–Crippen MR) is 108 cm³/mol. The Morgan fingerprint density at radius 3 is 2.19 bits per heavy atom. The van der Waals surface area contributed by atoms with Crippen LogP contribution in [-0.2, 0) is 4.79 Å². The fourth-order valence-electron chi connectivity index (χ4n) is 3.61. The van der Waals surface area contributed by atoms with E-state index in [2.05, 4.69) is 76.4 Å². The van der Waals surface area contributed by atoms with Gasteiger partial charge in [0.25, 0.3) is 0 Å². The van der Waals surface area contributed by atoms with Crippen LogP contribution < -0.4 is 20.0 Å². The van der Waals surface area contributed by atoms with Crippen molar-refractivity contribution in [2.24, 2.45) is 5.41 Å². The number of hydrogen-bond donors (Lipinski definition) is 3. The number of rotatable bonds is 6. The number of benzene rings is 1. The lowest BCUT2D eigenvalue weighted by Crippen LogP contribution is -3.27. The smallest absolute Gasteiger partial charge is 0.220 e. The molecule has 1 fully saturated rings. The Kier molecular flexibility index (Phi) is 7.07. The van der Waals surface area contributed by atoms with Crippen molar-refractivity contribution in [2.45, 2.75) is 33.2 Å². The molecule has 5 nitrogen and oxygen atoms in total. The fourth-order valence-corrected chi connectivity index (χ4v) is 3.61. The van der Waals surface area contributed by atoms with Crippen molar-refractivity contribution in [3.63, 3.8) is 0 Å². The van der Waals surface area contributed by atoms with Gasteiger partial charge in [-0.25, -0.2) is 0 Å². The van der Waals surface area contributed by atoms with Gasteiger partial charge in [-0.2, -0.15) is 0 Å². The number of likely N-dealkylation sites (N-methyl/N-ethyl adjacent to an activating group) is 1. The van der Waals surface area contributed by atoms with Gasteiger partial charge < -0.3 is 20.0 Å². The molecule has 146 valence electrons. The van der Waals surface area contributed by atoms with Crippen molar-refractivity contribution in [1.29, 1.82) is 0 Å². The zero-order valence-electron chi connectivity index (χ0n) is 17.5. The van der Waals surface area contributed by atoms with Crippen molar-refractivity contribution in [1.82, 2.24) is 5.32 Å². The van der Waals surface area contributed by atoms with E-state index < -0.39 is 0 Å². The lowest BCUT2D eigenvalue weighted by molar-refractivity contribution is -1.02. The summed E-state index contributed by atoms with van der Waals surface area (Å²) in [6.07, 6.45) is 0.571. The van der Waals surface area contributed by atoms with Crippen molar-refractivity contribution < 1.29 is 14.6 Å². The molecular formula is C21H38N4O+2. The Morgan fingerprint density at radius 2 is 1.69 bits per heavy atom. The molecule has 26 heavy (non-hydrogen) atoms. The van der Waals surface area contributed by atoms with Crippen molar-refractivity contribution in [3.05, 3.63) is 29.8 Å². The SMILES string of the molecule is CN(C)c1ccc([C@@H](CNC(=O)CC(C)(C)C)[NH+]2CC[NH+](C)CC2)cc1. The standard InChI is InChI=1S/C21H36N4O/c1-21(2,3)15-20(26)22-16-19(25-13-11-24(6)12-14-25)17-7-9-18(10-8-17)23(4)5/h7-10,19H,11-16H2,1-6H3,(H,22,26)/p+2/t19-/m1/s1. The van der Waals surface area contributed by atoms with Crippen LogP contribution in [-0.4, -0.2) is 59.8 Å². The third kappa shape index (κ3) is 6.29. The van der Waals surface area contributed by atoms with Crippen LogP contribution >= 0.6 is 0 Å². The Balaban J connectivity index is 2.10. The second kappa shape index (κ2) is 8.87. The zero-order chi connectivity index (χ0) is 19.3. The van der Waals surface area contributed by atoms with Gasteiger partial charge in [-0.3, -0.25) is 4.79 Å². The summed E-state index contributed by atoms with van der Waals surface area (Å²) in [6, 6.07) is 9.14. The van der Waals surface area contributed by atoms with E-state index in [0.29, 0.717) is 19.0 Å². The third-order valence-electron chi connectivity index (χ3n) is 5.24. The quantitative estimate of drug-likeness (QED) is 0.654. The Hall–Kier alpha value is -1.59. The highest BCUT2D eigenvalue weighted by molar-refractivity contribution is 5.76. The van der Waals surface area contributed by atoms with Crippen LogP contribution in [0.15, 0.2) is 24.3 Å². The topological polar surface area (TPSA) is 41.2 Å². The molecule has 0 aromatic heterocycles. The minimum Gasteiger partial charge on any atom is -0.378 e. The minimum absolute atomic E-state index is 0.0248. The van der Waals surface area contributed by atoms with Gasteiger partial charge in [0, 0.05) is 31.8 Å². The molecule has 1 aliphatic heterocycles. The summed E-state index contributed by atoms with van der Waals surface area (Å²) in [5, 5.41) is 3.21. The highest BCUT2D eigenvalue weighted by Crippen LogP contribution is 2.19. The van der Waals surface area contributed by atoms with Crippen LogP contribution in [0.5, 0.6) is 0 Å². The van der Waals surface area contributed by atoms with Crippen LogP contribution in [0.1, 0.15) is 38.8 Å². The monoisotopic (exact) mass is 362 g/mol. The van der Waals surface area contributed by atoms with Crippen molar-refractivity contribution in [2.75, 3.05) is 58.8 Å². The van der Waals surface area contributed by atoms with Gasteiger partial charge in [0.15, 0.2) is 0 Å². The van der Waals surface area contributed by atoms with E-state index in [4.69, 9.17) is 0 Å². The van der Waals surface area contributed by atoms with E-state index in [1.807, 2.05) is 0 Å². The molecule has 5 heteroatoms. The molecule has 0 saturated carbocycles. The molecule has 1 aromatic carbocycles. The number of amides is 1. The van der Waals surface area contributed by atoms with Gasteiger partial charge in [0.2, 0.25) is 5.91 Å². The molecule has 2 rings (SSSR count). The average Bonchev–Trinajstić information content (AvgIpc) is 2.55. The van der Waals surface area contributed by atoms with E-state index in [1.165, 1.54) is 24.3 Å². The summed E-state index contributed by atoms with van der Waals surface area (Å²) in [5.74, 6) is 0.159. The third-order valence-corrected chi connectivity index (χ3v) is 5.24. The molecule has 0 unspecified atom stereocenters. The summed E-state index contributed by atoms with van der Waals surface area (Å²) in [4.78, 5) is 17.7. The summed E-state index contributed by atoms with van der Waals surface area (Å²) >= 11 is 0. The second-order valence-corrected chi connectivity index (χ2v) is 9.20. The lowest BCUT2D eigenvalue weighted by Gasteiger charge is -2.34. The van der Waals surface area contributed by atoms with E-state index in [1.54, 1.807) is 9.80 Å². The summed E-state index contributed by atoms with van der Waals surface area (Å²) in [6.45, 7) is 11.7. The molecule has 0 bridgehead atoms. The Labute approximate surface area is 159 Å². The van der Waals surface area contributed by atoms with Crippen molar-refractivity contribution >= 4 is 11.6 Å². The van der Waals surface area contributed by atoms with Crippen LogP contribution in [0.4, 0.5) is 5.69 Å². The summed E-state index contributed by atoms with van der Waals surface area (Å²) < 4.78 is 0. The molecular weight excluding hydrogens is 324 g/mol. The largest absolute Gasteiger partial charge is 0.378 e. The molecule has 1 atom stereocenters. The van der Waals surface area contributed by atoms with Gasteiger partial charge in [-0.15, -0.1) is 0 Å². The van der Waals surface area contributed by atoms with Crippen LogP contribution in [0.25, 0.3) is 0 Å². The number of nitrogens with one attached hydrogen (secondary N) is 3. The van der Waals surface area contributed by atoms with Gasteiger partial charge in [-0.05, 0) is 17.5 Å². The molecule has 1 heterocycles. The number of hydrogen-bond acceptors (Lipinski definition) is 2. The van der Waals surface area contributed by atoms with Gasteiger partial charge in [0.1, 0.15) is 32.2 Å². The first kappa shape index (κ1) is 20.7. The van der Waals surface area contributed by atoms with E-state index in [0.717, 1.165) is 13.1 Å².